The molecule has 0 saturated heterocycles. The van der Waals surface area contributed by atoms with Crippen LogP contribution in [-0.4, -0.2) is 22.4 Å². The predicted molar refractivity (Wildman–Crippen MR) is 64.1 cm³/mol. The number of benzene rings is 1. The maximum absolute atomic E-state index is 10.1. The molecule has 0 spiro atoms. The number of hydrogen-bond acceptors (Lipinski definition) is 4. The molecular weight excluding hydrogens is 240 g/mol. The smallest absolute Gasteiger partial charge is 0.137 e. The van der Waals surface area contributed by atoms with Gasteiger partial charge in [0.25, 0.3) is 0 Å². The summed E-state index contributed by atoms with van der Waals surface area (Å²) in [5, 5.41) is 18.0. The Bertz CT molecular complexity index is 505. The quantitative estimate of drug-likeness (QED) is 0.908. The van der Waals surface area contributed by atoms with Crippen molar-refractivity contribution < 1.29 is 9.84 Å². The van der Waals surface area contributed by atoms with Gasteiger partial charge >= 0.3 is 0 Å². The number of nitrogens with zero attached hydrogens (tertiary/aromatic N) is 2. The van der Waals surface area contributed by atoms with E-state index in [-0.39, 0.29) is 0 Å². The van der Waals surface area contributed by atoms with Gasteiger partial charge in [0.1, 0.15) is 11.9 Å². The van der Waals surface area contributed by atoms with Crippen LogP contribution in [0.2, 0.25) is 5.02 Å². The average Bonchev–Trinajstić information content (AvgIpc) is 2.39. The molecule has 5 heteroatoms. The number of aliphatic hydroxyl groups excluding tert-OH is 1. The second-order valence-corrected chi connectivity index (χ2v) is 3.88. The summed E-state index contributed by atoms with van der Waals surface area (Å²) in [6.45, 7) is 0. The monoisotopic (exact) mass is 250 g/mol. The van der Waals surface area contributed by atoms with Gasteiger partial charge in [-0.3, -0.25) is 0 Å². The lowest BCUT2D eigenvalue weighted by Gasteiger charge is -2.12. The summed E-state index contributed by atoms with van der Waals surface area (Å²) in [4.78, 5) is 0. The standard InChI is InChI=1S/C12H11ClN2O2/c1-17-11-6-8(2-3-10(11)13)12(16)9-4-5-14-15-7-9/h2-7,12,16H,1H3. The molecule has 1 aromatic heterocycles. The van der Waals surface area contributed by atoms with Gasteiger partial charge in [-0.2, -0.15) is 10.2 Å². The fraction of sp³-hybridized carbons (Fsp3) is 0.167. The molecule has 1 N–H and O–H groups in total. The molecule has 0 amide bonds. The molecule has 1 atom stereocenters. The first-order valence-electron chi connectivity index (χ1n) is 5.00. The zero-order chi connectivity index (χ0) is 12.3. The van der Waals surface area contributed by atoms with Crippen molar-refractivity contribution >= 4 is 11.6 Å². The van der Waals surface area contributed by atoms with E-state index >= 15 is 0 Å². The lowest BCUT2D eigenvalue weighted by molar-refractivity contribution is 0.219. The Kier molecular flexibility index (Phi) is 3.56. The summed E-state index contributed by atoms with van der Waals surface area (Å²) in [6.07, 6.45) is 2.29. The summed E-state index contributed by atoms with van der Waals surface area (Å²) in [6, 6.07) is 6.84. The highest BCUT2D eigenvalue weighted by atomic mass is 35.5. The molecule has 1 aromatic carbocycles. The third-order valence-electron chi connectivity index (χ3n) is 2.41. The van der Waals surface area contributed by atoms with Crippen molar-refractivity contribution in [3.8, 4) is 5.75 Å². The van der Waals surface area contributed by atoms with Gasteiger partial charge in [0.2, 0.25) is 0 Å². The molecule has 2 aromatic rings. The summed E-state index contributed by atoms with van der Waals surface area (Å²) < 4.78 is 5.10. The molecule has 0 aliphatic carbocycles. The number of aromatic nitrogens is 2. The van der Waals surface area contributed by atoms with Crippen LogP contribution in [0.4, 0.5) is 0 Å². The van der Waals surface area contributed by atoms with Crippen molar-refractivity contribution in [3.63, 3.8) is 0 Å². The molecular formula is C12H11ClN2O2. The van der Waals surface area contributed by atoms with Gasteiger partial charge in [-0.15, -0.1) is 0 Å². The Balaban J connectivity index is 2.34. The van der Waals surface area contributed by atoms with E-state index in [0.717, 1.165) is 0 Å². The molecule has 1 heterocycles. The van der Waals surface area contributed by atoms with E-state index in [1.807, 2.05) is 0 Å². The number of hydrogen-bond donors (Lipinski definition) is 1. The Hall–Kier alpha value is -1.65. The summed E-state index contributed by atoms with van der Waals surface area (Å²) in [7, 11) is 1.53. The average molecular weight is 251 g/mol. The number of methoxy groups -OCH3 is 1. The van der Waals surface area contributed by atoms with Crippen molar-refractivity contribution in [1.29, 1.82) is 0 Å². The minimum absolute atomic E-state index is 0.510. The molecule has 0 bridgehead atoms. The first kappa shape index (κ1) is 11.8. The van der Waals surface area contributed by atoms with Gasteiger partial charge in [0.15, 0.2) is 0 Å². The Morgan fingerprint density at radius 2 is 2.06 bits per heavy atom. The minimum Gasteiger partial charge on any atom is -0.495 e. The molecule has 0 fully saturated rings. The fourth-order valence-corrected chi connectivity index (χ4v) is 1.70. The van der Waals surface area contributed by atoms with Crippen LogP contribution in [0.3, 0.4) is 0 Å². The summed E-state index contributed by atoms with van der Waals surface area (Å²) >= 11 is 5.92. The van der Waals surface area contributed by atoms with E-state index in [4.69, 9.17) is 16.3 Å². The second kappa shape index (κ2) is 5.12. The first-order valence-corrected chi connectivity index (χ1v) is 5.38. The first-order chi connectivity index (χ1) is 8.22. The topological polar surface area (TPSA) is 55.2 Å². The van der Waals surface area contributed by atoms with Crippen molar-refractivity contribution in [2.45, 2.75) is 6.10 Å². The molecule has 17 heavy (non-hydrogen) atoms. The zero-order valence-corrected chi connectivity index (χ0v) is 9.93. The second-order valence-electron chi connectivity index (χ2n) is 3.47. The van der Waals surface area contributed by atoms with Crippen molar-refractivity contribution in [2.24, 2.45) is 0 Å². The van der Waals surface area contributed by atoms with Crippen LogP contribution in [0, 0.1) is 0 Å². The lowest BCUT2D eigenvalue weighted by Crippen LogP contribution is -2.01. The van der Waals surface area contributed by atoms with Crippen LogP contribution < -0.4 is 4.74 Å². The largest absolute Gasteiger partial charge is 0.495 e. The molecule has 0 aliphatic rings. The van der Waals surface area contributed by atoms with Gasteiger partial charge in [0, 0.05) is 11.8 Å². The predicted octanol–water partition coefficient (Wildman–Crippen LogP) is 2.22. The van der Waals surface area contributed by atoms with E-state index in [1.54, 1.807) is 24.3 Å². The summed E-state index contributed by atoms with van der Waals surface area (Å²) in [5.41, 5.74) is 1.36. The van der Waals surface area contributed by atoms with Gasteiger partial charge in [-0.1, -0.05) is 17.7 Å². The van der Waals surface area contributed by atoms with Crippen LogP contribution in [0.15, 0.2) is 36.7 Å². The van der Waals surface area contributed by atoms with Gasteiger partial charge in [-0.25, -0.2) is 0 Å². The maximum Gasteiger partial charge on any atom is 0.137 e. The van der Waals surface area contributed by atoms with Crippen molar-refractivity contribution in [2.75, 3.05) is 7.11 Å². The Labute approximate surface area is 104 Å². The molecule has 1 unspecified atom stereocenters. The third kappa shape index (κ3) is 2.54. The molecule has 4 nitrogen and oxygen atoms in total. The highest BCUT2D eigenvalue weighted by Crippen LogP contribution is 2.29. The van der Waals surface area contributed by atoms with Gasteiger partial charge in [0.05, 0.1) is 18.3 Å². The van der Waals surface area contributed by atoms with Gasteiger partial charge < -0.3 is 9.84 Å². The summed E-state index contributed by atoms with van der Waals surface area (Å²) in [5.74, 6) is 0.533. The highest BCUT2D eigenvalue weighted by molar-refractivity contribution is 6.32. The Morgan fingerprint density at radius 1 is 1.24 bits per heavy atom. The number of rotatable bonds is 3. The van der Waals surface area contributed by atoms with Crippen LogP contribution in [0.5, 0.6) is 5.75 Å². The molecule has 0 saturated carbocycles. The normalized spacial score (nSPS) is 12.2. The Morgan fingerprint density at radius 3 is 2.71 bits per heavy atom. The minimum atomic E-state index is -0.767. The van der Waals surface area contributed by atoms with Crippen molar-refractivity contribution in [3.05, 3.63) is 52.8 Å². The fourth-order valence-electron chi connectivity index (χ4n) is 1.50. The van der Waals surface area contributed by atoms with Crippen LogP contribution in [0.1, 0.15) is 17.2 Å². The maximum atomic E-state index is 10.1. The van der Waals surface area contributed by atoms with Crippen molar-refractivity contribution in [1.82, 2.24) is 10.2 Å². The van der Waals surface area contributed by atoms with Crippen LogP contribution in [0.25, 0.3) is 0 Å². The van der Waals surface area contributed by atoms with Crippen LogP contribution in [-0.2, 0) is 0 Å². The van der Waals surface area contributed by atoms with Gasteiger partial charge in [-0.05, 0) is 23.8 Å². The number of aliphatic hydroxyl groups is 1. The van der Waals surface area contributed by atoms with E-state index in [1.165, 1.54) is 19.5 Å². The molecule has 0 aliphatic heterocycles. The van der Waals surface area contributed by atoms with E-state index in [9.17, 15) is 5.11 Å². The molecule has 2 rings (SSSR count). The highest BCUT2D eigenvalue weighted by Gasteiger charge is 2.12. The number of ether oxygens (including phenoxy) is 1. The third-order valence-corrected chi connectivity index (χ3v) is 2.73. The SMILES string of the molecule is COc1cc(C(O)c2ccnnc2)ccc1Cl. The van der Waals surface area contributed by atoms with Crippen LogP contribution >= 0.6 is 11.6 Å². The van der Waals surface area contributed by atoms with E-state index < -0.39 is 6.10 Å². The molecule has 0 radical (unpaired) electrons. The molecule has 88 valence electrons. The number of halogens is 1. The van der Waals surface area contributed by atoms with E-state index in [0.29, 0.717) is 21.9 Å². The zero-order valence-electron chi connectivity index (χ0n) is 9.17. The van der Waals surface area contributed by atoms with E-state index in [2.05, 4.69) is 10.2 Å². The lowest BCUT2D eigenvalue weighted by atomic mass is 10.0.